The van der Waals surface area contributed by atoms with E-state index in [0.717, 1.165) is 76.1 Å². The molecule has 1 saturated carbocycles. The predicted octanol–water partition coefficient (Wildman–Crippen LogP) is 3.43. The number of rotatable bonds is 8. The summed E-state index contributed by atoms with van der Waals surface area (Å²) in [5, 5.41) is 0. The average molecular weight is 539 g/mol. The van der Waals surface area contributed by atoms with Crippen LogP contribution in [0.3, 0.4) is 0 Å². The molecule has 4 aliphatic rings. The van der Waals surface area contributed by atoms with Crippen LogP contribution in [-0.2, 0) is 14.3 Å². The number of fused-ring (bicyclic) bond motifs is 1. The van der Waals surface area contributed by atoms with Gasteiger partial charge in [-0.1, -0.05) is 40.0 Å². The average Bonchev–Trinajstić information content (AvgIpc) is 3.50. The van der Waals surface area contributed by atoms with Crippen LogP contribution in [0.5, 0.6) is 0 Å². The second kappa shape index (κ2) is 12.0. The maximum atomic E-state index is 14.6. The topological polar surface area (TPSA) is 96.2 Å². The number of carbonyl (C=O) groups excluding carboxylic acids is 3. The summed E-state index contributed by atoms with van der Waals surface area (Å²) in [6, 6.07) is 5.34. The Morgan fingerprint density at radius 2 is 1.79 bits per heavy atom. The minimum Gasteiger partial charge on any atom is -0.369 e. The van der Waals surface area contributed by atoms with Crippen molar-refractivity contribution >= 4 is 23.3 Å². The van der Waals surface area contributed by atoms with Crippen molar-refractivity contribution in [1.82, 2.24) is 9.80 Å². The summed E-state index contributed by atoms with van der Waals surface area (Å²) in [4.78, 5) is 47.0. The van der Waals surface area contributed by atoms with Crippen molar-refractivity contribution in [1.29, 1.82) is 0 Å². The van der Waals surface area contributed by atoms with Gasteiger partial charge >= 0.3 is 0 Å². The number of piperazine rings is 1. The van der Waals surface area contributed by atoms with E-state index in [1.54, 1.807) is 0 Å². The monoisotopic (exact) mass is 538 g/mol. The third-order valence-corrected chi connectivity index (χ3v) is 9.66. The van der Waals surface area contributed by atoms with E-state index in [1.807, 2.05) is 17.0 Å². The highest BCUT2D eigenvalue weighted by molar-refractivity contribution is 5.99. The molecule has 0 aromatic heterocycles. The lowest BCUT2D eigenvalue weighted by molar-refractivity contribution is -0.139. The molecule has 214 valence electrons. The number of benzene rings is 1. The summed E-state index contributed by atoms with van der Waals surface area (Å²) >= 11 is 0. The zero-order chi connectivity index (χ0) is 27.7. The van der Waals surface area contributed by atoms with E-state index in [9.17, 15) is 14.4 Å². The van der Waals surface area contributed by atoms with E-state index in [2.05, 4.69) is 36.6 Å². The number of nitrogens with zero attached hydrogens (tertiary/aromatic N) is 3. The van der Waals surface area contributed by atoms with Gasteiger partial charge in [0.15, 0.2) is 5.78 Å². The van der Waals surface area contributed by atoms with Gasteiger partial charge < -0.3 is 20.3 Å². The first-order valence-electron chi connectivity index (χ1n) is 15.2. The quantitative estimate of drug-likeness (QED) is 0.545. The van der Waals surface area contributed by atoms with Crippen LogP contribution in [0.25, 0.3) is 0 Å². The zero-order valence-electron chi connectivity index (χ0n) is 23.9. The molecule has 1 aromatic carbocycles. The molecule has 3 saturated heterocycles. The van der Waals surface area contributed by atoms with E-state index >= 15 is 0 Å². The van der Waals surface area contributed by atoms with Crippen molar-refractivity contribution in [2.75, 3.05) is 50.8 Å². The summed E-state index contributed by atoms with van der Waals surface area (Å²) in [6.45, 7) is 12.0. The number of Topliss-reactive ketones (excluding diaryl/α,β-unsaturated/α-hetero) is 1. The van der Waals surface area contributed by atoms with Crippen LogP contribution in [0.15, 0.2) is 18.2 Å². The van der Waals surface area contributed by atoms with E-state index in [0.29, 0.717) is 18.0 Å². The van der Waals surface area contributed by atoms with Gasteiger partial charge in [0, 0.05) is 49.9 Å². The molecule has 0 unspecified atom stereocenters. The van der Waals surface area contributed by atoms with E-state index in [1.165, 1.54) is 6.42 Å². The van der Waals surface area contributed by atoms with Crippen LogP contribution < -0.4 is 10.6 Å². The van der Waals surface area contributed by atoms with Crippen molar-refractivity contribution in [3.05, 3.63) is 29.3 Å². The minimum absolute atomic E-state index is 0.00674. The Morgan fingerprint density at radius 3 is 2.44 bits per heavy atom. The number of likely N-dealkylation sites (tertiary alicyclic amines) is 1. The fourth-order valence-electron chi connectivity index (χ4n) is 7.52. The van der Waals surface area contributed by atoms with Crippen LogP contribution in [0.2, 0.25) is 0 Å². The normalized spacial score (nSPS) is 27.3. The second-order valence-electron chi connectivity index (χ2n) is 12.4. The molecule has 4 fully saturated rings. The highest BCUT2D eigenvalue weighted by Crippen LogP contribution is 2.43. The maximum Gasteiger partial charge on any atom is 0.249 e. The Bertz CT molecular complexity index is 1060. The smallest absolute Gasteiger partial charge is 0.249 e. The molecule has 5 rings (SSSR count). The lowest BCUT2D eigenvalue weighted by Gasteiger charge is -2.37. The molecule has 3 aliphatic heterocycles. The molecule has 2 amide bonds. The Kier molecular flexibility index (Phi) is 8.62. The number of anilines is 1. The third-order valence-electron chi connectivity index (χ3n) is 9.66. The largest absolute Gasteiger partial charge is 0.369 e. The van der Waals surface area contributed by atoms with Gasteiger partial charge in [-0.05, 0) is 61.4 Å². The van der Waals surface area contributed by atoms with E-state index in [-0.39, 0.29) is 36.2 Å². The van der Waals surface area contributed by atoms with E-state index in [4.69, 9.17) is 10.5 Å². The van der Waals surface area contributed by atoms with Gasteiger partial charge in [0.05, 0.1) is 12.0 Å². The number of hydrogen-bond donors (Lipinski definition) is 1. The van der Waals surface area contributed by atoms with Crippen LogP contribution in [0.1, 0.15) is 81.1 Å². The summed E-state index contributed by atoms with van der Waals surface area (Å²) < 4.78 is 5.93. The molecule has 0 spiro atoms. The van der Waals surface area contributed by atoms with Gasteiger partial charge in [-0.3, -0.25) is 19.3 Å². The highest BCUT2D eigenvalue weighted by Gasteiger charge is 2.54. The van der Waals surface area contributed by atoms with Crippen LogP contribution in [0.4, 0.5) is 5.69 Å². The molecule has 8 nitrogen and oxygen atoms in total. The summed E-state index contributed by atoms with van der Waals surface area (Å²) in [7, 11) is 0. The fraction of sp³-hybridized carbons (Fsp3) is 0.710. The third kappa shape index (κ3) is 5.60. The van der Waals surface area contributed by atoms with Gasteiger partial charge in [-0.15, -0.1) is 0 Å². The molecule has 3 heterocycles. The van der Waals surface area contributed by atoms with Crippen molar-refractivity contribution in [2.24, 2.45) is 23.5 Å². The number of hydrogen-bond acceptors (Lipinski definition) is 6. The molecule has 8 heteroatoms. The van der Waals surface area contributed by atoms with Crippen molar-refractivity contribution in [2.45, 2.75) is 77.4 Å². The first-order chi connectivity index (χ1) is 18.8. The van der Waals surface area contributed by atoms with Gasteiger partial charge in [0.25, 0.3) is 0 Å². The summed E-state index contributed by atoms with van der Waals surface area (Å²) in [6.07, 6.45) is 6.09. The van der Waals surface area contributed by atoms with E-state index < -0.39 is 17.9 Å². The lowest BCUT2D eigenvalue weighted by Crippen LogP contribution is -2.47. The van der Waals surface area contributed by atoms with Crippen LogP contribution >= 0.6 is 0 Å². The Morgan fingerprint density at radius 1 is 1.08 bits per heavy atom. The fourth-order valence-corrected chi connectivity index (χ4v) is 7.52. The number of amides is 2. The number of nitrogens with two attached hydrogens (primary N) is 1. The number of primary amides is 1. The number of ketones is 1. The molecule has 1 aliphatic carbocycles. The summed E-state index contributed by atoms with van der Waals surface area (Å²) in [5.41, 5.74) is 8.14. The van der Waals surface area contributed by atoms with Gasteiger partial charge in [0.2, 0.25) is 11.8 Å². The highest BCUT2D eigenvalue weighted by atomic mass is 16.5. The molecule has 0 bridgehead atoms. The minimum atomic E-state index is -0.525. The number of ether oxygens (including phenoxy) is 1. The molecule has 2 N–H and O–H groups in total. The summed E-state index contributed by atoms with van der Waals surface area (Å²) in [5.74, 6) is -0.496. The lowest BCUT2D eigenvalue weighted by atomic mass is 9.74. The second-order valence-corrected chi connectivity index (χ2v) is 12.4. The molecule has 1 aromatic rings. The molecular formula is C31H46N4O4. The molecule has 39 heavy (non-hydrogen) atoms. The van der Waals surface area contributed by atoms with Crippen LogP contribution in [0, 0.1) is 17.8 Å². The molecular weight excluding hydrogens is 492 g/mol. The predicted molar refractivity (Wildman–Crippen MR) is 152 cm³/mol. The van der Waals surface area contributed by atoms with Gasteiger partial charge in [-0.25, -0.2) is 0 Å². The van der Waals surface area contributed by atoms with Crippen LogP contribution in [-0.4, -0.2) is 85.4 Å². The Labute approximate surface area is 233 Å². The standard InChI is InChI=1S/C31H46N4O4/c1-4-12-33-13-15-34(16-14-33)22-10-11-23(30(32)37)24(17-22)27(21-8-6-5-7-9-21)31(38)35-18-25(20(2)3)29-28(35)26(36)19-39-29/h10-11,17,20-21,25,27-29H,4-9,12-16,18-19H2,1-3H3,(H2,32,37)/t25-,27-,28+,29+/m0/s1. The SMILES string of the molecule is CCCN1CCN(c2ccc(C(N)=O)c([C@@H](C(=O)N3C[C@@H](C(C)C)[C@H]4OCC(=O)[C@H]43)C3CCCCC3)c2)CC1. The number of carbonyl (C=O) groups is 3. The van der Waals surface area contributed by atoms with Crippen molar-refractivity contribution in [3.63, 3.8) is 0 Å². The Hall–Kier alpha value is -2.45. The van der Waals surface area contributed by atoms with Crippen molar-refractivity contribution in [3.8, 4) is 0 Å². The first kappa shape index (κ1) is 28.1. The zero-order valence-corrected chi connectivity index (χ0v) is 23.9. The Balaban J connectivity index is 1.51. The first-order valence-corrected chi connectivity index (χ1v) is 15.2. The maximum absolute atomic E-state index is 14.6. The van der Waals surface area contributed by atoms with Gasteiger partial charge in [0.1, 0.15) is 12.6 Å². The molecule has 4 atom stereocenters. The molecule has 0 radical (unpaired) electrons. The van der Waals surface area contributed by atoms with Crippen molar-refractivity contribution < 1.29 is 19.1 Å². The van der Waals surface area contributed by atoms with Gasteiger partial charge in [-0.2, -0.15) is 0 Å².